The molecular formula is C26H31N3OS. The molecule has 0 aliphatic carbocycles. The quantitative estimate of drug-likeness (QED) is 0.416. The smallest absolute Gasteiger partial charge is 0.275 e. The second-order valence-corrected chi connectivity index (χ2v) is 9.15. The lowest BCUT2D eigenvalue weighted by molar-refractivity contribution is 0.102. The standard InChI is InChI=1S/C26H31N3OS/c1-2-3-9-16-29-17-14-21(15-18-29)26-28-24(19-31-26)25(30)27-23-13-8-7-12-22(23)20-10-5-4-6-11-20/h4-8,10-13,19,21H,2-3,9,14-18H2,1H3,(H,27,30). The maximum atomic E-state index is 12.9. The van der Waals surface area contributed by atoms with Crippen LogP contribution < -0.4 is 5.32 Å². The molecule has 31 heavy (non-hydrogen) atoms. The van der Waals surface area contributed by atoms with Crippen molar-refractivity contribution in [3.8, 4) is 11.1 Å². The molecular weight excluding hydrogens is 402 g/mol. The number of anilines is 1. The number of likely N-dealkylation sites (tertiary alicyclic amines) is 1. The predicted molar refractivity (Wildman–Crippen MR) is 130 cm³/mol. The molecule has 2 heterocycles. The van der Waals surface area contributed by atoms with Crippen LogP contribution in [0, 0.1) is 0 Å². The third-order valence-electron chi connectivity index (χ3n) is 6.03. The van der Waals surface area contributed by atoms with E-state index in [-0.39, 0.29) is 5.91 Å². The predicted octanol–water partition coefficient (Wildman–Crippen LogP) is 6.43. The number of aromatic nitrogens is 1. The lowest BCUT2D eigenvalue weighted by atomic mass is 9.97. The molecule has 0 unspecified atom stereocenters. The minimum Gasteiger partial charge on any atom is -0.320 e. The molecule has 0 radical (unpaired) electrons. The van der Waals surface area contributed by atoms with Gasteiger partial charge in [-0.3, -0.25) is 4.79 Å². The average Bonchev–Trinajstić information content (AvgIpc) is 3.31. The van der Waals surface area contributed by atoms with Gasteiger partial charge in [0.05, 0.1) is 5.01 Å². The maximum absolute atomic E-state index is 12.9. The fourth-order valence-corrected chi connectivity index (χ4v) is 5.19. The van der Waals surface area contributed by atoms with Gasteiger partial charge in [0, 0.05) is 22.5 Å². The Morgan fingerprint density at radius 1 is 1.06 bits per heavy atom. The van der Waals surface area contributed by atoms with E-state index in [9.17, 15) is 4.79 Å². The van der Waals surface area contributed by atoms with Gasteiger partial charge in [-0.2, -0.15) is 0 Å². The van der Waals surface area contributed by atoms with Gasteiger partial charge in [-0.25, -0.2) is 4.98 Å². The Morgan fingerprint density at radius 2 is 1.81 bits per heavy atom. The minimum atomic E-state index is -0.136. The molecule has 1 N–H and O–H groups in total. The minimum absolute atomic E-state index is 0.136. The molecule has 0 saturated carbocycles. The van der Waals surface area contributed by atoms with Crippen LogP contribution in [0.3, 0.4) is 0 Å². The zero-order valence-corrected chi connectivity index (χ0v) is 19.0. The maximum Gasteiger partial charge on any atom is 0.275 e. The van der Waals surface area contributed by atoms with Crippen molar-refractivity contribution in [3.63, 3.8) is 0 Å². The fraction of sp³-hybridized carbons (Fsp3) is 0.385. The Balaban J connectivity index is 1.38. The largest absolute Gasteiger partial charge is 0.320 e. The van der Waals surface area contributed by atoms with Gasteiger partial charge in [0.25, 0.3) is 5.91 Å². The molecule has 5 heteroatoms. The van der Waals surface area contributed by atoms with Gasteiger partial charge in [0.15, 0.2) is 0 Å². The summed E-state index contributed by atoms with van der Waals surface area (Å²) in [7, 11) is 0. The summed E-state index contributed by atoms with van der Waals surface area (Å²) < 4.78 is 0. The van der Waals surface area contributed by atoms with Gasteiger partial charge < -0.3 is 10.2 Å². The van der Waals surface area contributed by atoms with E-state index >= 15 is 0 Å². The summed E-state index contributed by atoms with van der Waals surface area (Å²) in [6.45, 7) is 5.75. The van der Waals surface area contributed by atoms with Crippen LogP contribution in [-0.4, -0.2) is 35.4 Å². The number of hydrogen-bond donors (Lipinski definition) is 1. The van der Waals surface area contributed by atoms with E-state index in [2.05, 4.69) is 29.3 Å². The average molecular weight is 434 g/mol. The number of nitrogens with one attached hydrogen (secondary N) is 1. The molecule has 162 valence electrons. The summed E-state index contributed by atoms with van der Waals surface area (Å²) in [6, 6.07) is 18.0. The van der Waals surface area contributed by atoms with E-state index in [1.807, 2.05) is 47.8 Å². The van der Waals surface area contributed by atoms with Crippen molar-refractivity contribution in [1.29, 1.82) is 0 Å². The first-order valence-corrected chi connectivity index (χ1v) is 12.3. The molecule has 0 bridgehead atoms. The lowest BCUT2D eigenvalue weighted by Crippen LogP contribution is -2.33. The highest BCUT2D eigenvalue weighted by molar-refractivity contribution is 7.10. The Labute approximate surface area is 189 Å². The molecule has 4 rings (SSSR count). The SMILES string of the molecule is CCCCCN1CCC(c2nc(C(=O)Nc3ccccc3-c3ccccc3)cs2)CC1. The molecule has 1 aromatic heterocycles. The van der Waals surface area contributed by atoms with Gasteiger partial charge >= 0.3 is 0 Å². The molecule has 4 nitrogen and oxygen atoms in total. The number of para-hydroxylation sites is 1. The van der Waals surface area contributed by atoms with Crippen molar-refractivity contribution in [3.05, 3.63) is 70.7 Å². The number of nitrogens with zero attached hydrogens (tertiary/aromatic N) is 2. The Kier molecular flexibility index (Phi) is 7.49. The number of hydrogen-bond acceptors (Lipinski definition) is 4. The number of piperidine rings is 1. The third-order valence-corrected chi connectivity index (χ3v) is 7.04. The highest BCUT2D eigenvalue weighted by Crippen LogP contribution is 2.31. The zero-order valence-electron chi connectivity index (χ0n) is 18.2. The highest BCUT2D eigenvalue weighted by Gasteiger charge is 2.24. The van der Waals surface area contributed by atoms with Gasteiger partial charge in [-0.1, -0.05) is 68.3 Å². The molecule has 0 spiro atoms. The molecule has 1 aliphatic rings. The van der Waals surface area contributed by atoms with E-state index < -0.39 is 0 Å². The van der Waals surface area contributed by atoms with Gasteiger partial charge in [0.2, 0.25) is 0 Å². The first-order chi connectivity index (χ1) is 15.2. The lowest BCUT2D eigenvalue weighted by Gasteiger charge is -2.30. The number of carbonyl (C=O) groups is 1. The van der Waals surface area contributed by atoms with Gasteiger partial charge in [0.1, 0.15) is 5.69 Å². The van der Waals surface area contributed by atoms with Crippen molar-refractivity contribution < 1.29 is 4.79 Å². The summed E-state index contributed by atoms with van der Waals surface area (Å²) in [4.78, 5) is 20.2. The highest BCUT2D eigenvalue weighted by atomic mass is 32.1. The number of benzene rings is 2. The second-order valence-electron chi connectivity index (χ2n) is 8.26. The Morgan fingerprint density at radius 3 is 2.58 bits per heavy atom. The number of carbonyl (C=O) groups excluding carboxylic acids is 1. The summed E-state index contributed by atoms with van der Waals surface area (Å²) in [5.74, 6) is 0.341. The summed E-state index contributed by atoms with van der Waals surface area (Å²) in [6.07, 6.45) is 6.16. The molecule has 1 fully saturated rings. The van der Waals surface area contributed by atoms with Crippen molar-refractivity contribution in [1.82, 2.24) is 9.88 Å². The van der Waals surface area contributed by atoms with Crippen LogP contribution in [0.25, 0.3) is 11.1 Å². The van der Waals surface area contributed by atoms with Crippen molar-refractivity contribution in [2.75, 3.05) is 25.0 Å². The Bertz CT molecular complexity index is 977. The third kappa shape index (κ3) is 5.60. The van der Waals surface area contributed by atoms with E-state index in [4.69, 9.17) is 4.98 Å². The molecule has 3 aromatic rings. The summed E-state index contributed by atoms with van der Waals surface area (Å²) >= 11 is 1.63. The molecule has 1 saturated heterocycles. The molecule has 1 aliphatic heterocycles. The molecule has 1 amide bonds. The van der Waals surface area contributed by atoms with Crippen molar-refractivity contribution >= 4 is 22.9 Å². The van der Waals surface area contributed by atoms with Crippen LogP contribution in [0.1, 0.15) is 60.4 Å². The van der Waals surface area contributed by atoms with Crippen molar-refractivity contribution in [2.45, 2.75) is 44.9 Å². The molecule has 2 aromatic carbocycles. The number of rotatable bonds is 8. The normalized spacial score (nSPS) is 15.1. The van der Waals surface area contributed by atoms with E-state index in [0.29, 0.717) is 11.6 Å². The van der Waals surface area contributed by atoms with E-state index in [1.165, 1.54) is 25.8 Å². The number of thiazole rings is 1. The van der Waals surface area contributed by atoms with Gasteiger partial charge in [-0.15, -0.1) is 11.3 Å². The summed E-state index contributed by atoms with van der Waals surface area (Å²) in [5.41, 5.74) is 3.44. The fourth-order valence-electron chi connectivity index (χ4n) is 4.22. The molecule has 0 atom stereocenters. The van der Waals surface area contributed by atoms with E-state index in [1.54, 1.807) is 11.3 Å². The van der Waals surface area contributed by atoms with Crippen molar-refractivity contribution in [2.24, 2.45) is 0 Å². The first kappa shape index (κ1) is 21.7. The Hall–Kier alpha value is -2.50. The zero-order chi connectivity index (χ0) is 21.5. The van der Waals surface area contributed by atoms with E-state index in [0.717, 1.165) is 47.8 Å². The van der Waals surface area contributed by atoms with Crippen LogP contribution in [0.4, 0.5) is 5.69 Å². The summed E-state index contributed by atoms with van der Waals surface area (Å²) in [5, 5.41) is 6.09. The van der Waals surface area contributed by atoms with Crippen LogP contribution >= 0.6 is 11.3 Å². The number of amides is 1. The topological polar surface area (TPSA) is 45.2 Å². The first-order valence-electron chi connectivity index (χ1n) is 11.4. The van der Waals surface area contributed by atoms with Crippen LogP contribution in [0.5, 0.6) is 0 Å². The number of unbranched alkanes of at least 4 members (excludes halogenated alkanes) is 2. The van der Waals surface area contributed by atoms with Crippen LogP contribution in [0.2, 0.25) is 0 Å². The van der Waals surface area contributed by atoms with Crippen LogP contribution in [-0.2, 0) is 0 Å². The van der Waals surface area contributed by atoms with Gasteiger partial charge in [-0.05, 0) is 50.5 Å². The second kappa shape index (κ2) is 10.7. The van der Waals surface area contributed by atoms with Crippen LogP contribution in [0.15, 0.2) is 60.0 Å². The monoisotopic (exact) mass is 433 g/mol.